The Morgan fingerprint density at radius 3 is 2.43 bits per heavy atom. The van der Waals surface area contributed by atoms with Crippen LogP contribution < -0.4 is 19.1 Å². The average Bonchev–Trinajstić information content (AvgIpc) is 3.17. The van der Waals surface area contributed by atoms with Crippen molar-refractivity contribution in [2.75, 3.05) is 25.2 Å². The van der Waals surface area contributed by atoms with Gasteiger partial charge in [-0.25, -0.2) is 0 Å². The molecule has 192 valence electrons. The second-order valence-corrected chi connectivity index (χ2v) is 8.73. The first-order valence-electron chi connectivity index (χ1n) is 12.3. The van der Waals surface area contributed by atoms with E-state index in [-0.39, 0.29) is 11.3 Å². The normalized spacial score (nSPS) is 16.6. The lowest BCUT2D eigenvalue weighted by atomic mass is 9.94. The fourth-order valence-electron chi connectivity index (χ4n) is 4.43. The Balaban J connectivity index is 1.93. The van der Waals surface area contributed by atoms with E-state index >= 15 is 0 Å². The van der Waals surface area contributed by atoms with E-state index in [9.17, 15) is 14.7 Å². The molecule has 0 aromatic heterocycles. The van der Waals surface area contributed by atoms with Gasteiger partial charge in [0.05, 0.1) is 31.9 Å². The molecule has 3 aromatic rings. The molecule has 1 N–H and O–H groups in total. The Morgan fingerprint density at radius 2 is 1.73 bits per heavy atom. The Hall–Kier alpha value is -4.26. The molecule has 1 atom stereocenters. The number of carbonyl (C=O) groups excluding carboxylic acids is 2. The van der Waals surface area contributed by atoms with Gasteiger partial charge in [0.2, 0.25) is 0 Å². The first-order valence-corrected chi connectivity index (χ1v) is 12.3. The number of aliphatic hydroxyl groups is 1. The third kappa shape index (κ3) is 5.16. The molecule has 1 aliphatic heterocycles. The second kappa shape index (κ2) is 11.2. The molecular weight excluding hydrogens is 470 g/mol. The molecule has 1 unspecified atom stereocenters. The number of aliphatic hydroxyl groups excluding tert-OH is 1. The van der Waals surface area contributed by atoms with Crippen LogP contribution >= 0.6 is 0 Å². The van der Waals surface area contributed by atoms with Crippen LogP contribution in [0.5, 0.6) is 17.2 Å². The van der Waals surface area contributed by atoms with Gasteiger partial charge in [0.25, 0.3) is 11.7 Å². The maximum atomic E-state index is 13.5. The van der Waals surface area contributed by atoms with E-state index in [2.05, 4.69) is 0 Å². The minimum Gasteiger partial charge on any atom is -0.507 e. The SMILES string of the molecule is CCCOc1cccc(/C(O)=C2/C(=O)C(=O)N(c3cccc(C)c3)C2c2ccc(OC)c(OCC)c2)c1. The third-order valence-electron chi connectivity index (χ3n) is 6.11. The maximum absolute atomic E-state index is 13.5. The highest BCUT2D eigenvalue weighted by molar-refractivity contribution is 6.51. The van der Waals surface area contributed by atoms with Gasteiger partial charge < -0.3 is 19.3 Å². The molecular formula is C30H31NO6. The summed E-state index contributed by atoms with van der Waals surface area (Å²) in [5.41, 5.74) is 2.47. The highest BCUT2D eigenvalue weighted by atomic mass is 16.5. The predicted octanol–water partition coefficient (Wildman–Crippen LogP) is 5.82. The lowest BCUT2D eigenvalue weighted by Gasteiger charge is -2.26. The fraction of sp³-hybridized carbons (Fsp3) is 0.267. The van der Waals surface area contributed by atoms with Gasteiger partial charge in [0.1, 0.15) is 11.5 Å². The first kappa shape index (κ1) is 25.8. The summed E-state index contributed by atoms with van der Waals surface area (Å²) >= 11 is 0. The van der Waals surface area contributed by atoms with Crippen LogP contribution in [-0.4, -0.2) is 37.1 Å². The number of benzene rings is 3. The van der Waals surface area contributed by atoms with Crippen molar-refractivity contribution in [2.24, 2.45) is 0 Å². The fourth-order valence-corrected chi connectivity index (χ4v) is 4.43. The molecule has 0 spiro atoms. The summed E-state index contributed by atoms with van der Waals surface area (Å²) in [6.45, 7) is 6.70. The molecule has 3 aromatic carbocycles. The van der Waals surface area contributed by atoms with Crippen molar-refractivity contribution in [3.05, 3.63) is 89.0 Å². The van der Waals surface area contributed by atoms with E-state index < -0.39 is 17.7 Å². The van der Waals surface area contributed by atoms with Crippen molar-refractivity contribution >= 4 is 23.1 Å². The summed E-state index contributed by atoms with van der Waals surface area (Å²) in [5.74, 6) is -0.180. The maximum Gasteiger partial charge on any atom is 0.300 e. The molecule has 1 aliphatic rings. The van der Waals surface area contributed by atoms with Gasteiger partial charge in [-0.2, -0.15) is 0 Å². The summed E-state index contributed by atoms with van der Waals surface area (Å²) in [5, 5.41) is 11.5. The second-order valence-electron chi connectivity index (χ2n) is 8.73. The van der Waals surface area contributed by atoms with Crippen LogP contribution in [0.1, 0.15) is 43.0 Å². The van der Waals surface area contributed by atoms with Gasteiger partial charge in [-0.15, -0.1) is 0 Å². The molecule has 0 bridgehead atoms. The quantitative estimate of drug-likeness (QED) is 0.226. The summed E-state index contributed by atoms with van der Waals surface area (Å²) in [6.07, 6.45) is 0.831. The van der Waals surface area contributed by atoms with E-state index in [1.807, 2.05) is 39.0 Å². The highest BCUT2D eigenvalue weighted by Crippen LogP contribution is 2.44. The molecule has 1 saturated heterocycles. The zero-order valence-corrected chi connectivity index (χ0v) is 21.5. The van der Waals surface area contributed by atoms with Gasteiger partial charge in [-0.3, -0.25) is 14.5 Å². The van der Waals surface area contributed by atoms with Gasteiger partial charge >= 0.3 is 0 Å². The van der Waals surface area contributed by atoms with Crippen molar-refractivity contribution in [3.63, 3.8) is 0 Å². The number of ketones is 1. The molecule has 7 heteroatoms. The lowest BCUT2D eigenvalue weighted by molar-refractivity contribution is -0.132. The van der Waals surface area contributed by atoms with Crippen LogP contribution in [0.4, 0.5) is 5.69 Å². The molecule has 0 aliphatic carbocycles. The van der Waals surface area contributed by atoms with Crippen molar-refractivity contribution in [1.29, 1.82) is 0 Å². The van der Waals surface area contributed by atoms with E-state index in [0.29, 0.717) is 47.3 Å². The number of aryl methyl sites for hydroxylation is 1. The van der Waals surface area contributed by atoms with Crippen molar-refractivity contribution in [1.82, 2.24) is 0 Å². The third-order valence-corrected chi connectivity index (χ3v) is 6.11. The minimum atomic E-state index is -0.882. The number of nitrogens with zero attached hydrogens (tertiary/aromatic N) is 1. The number of methoxy groups -OCH3 is 1. The number of hydrogen-bond acceptors (Lipinski definition) is 6. The van der Waals surface area contributed by atoms with E-state index in [1.165, 1.54) is 4.90 Å². The number of hydrogen-bond donors (Lipinski definition) is 1. The van der Waals surface area contributed by atoms with Crippen molar-refractivity contribution < 1.29 is 28.9 Å². The molecule has 37 heavy (non-hydrogen) atoms. The molecule has 4 rings (SSSR count). The van der Waals surface area contributed by atoms with Crippen LogP contribution in [0, 0.1) is 6.92 Å². The number of carbonyl (C=O) groups is 2. The Morgan fingerprint density at radius 1 is 0.946 bits per heavy atom. The predicted molar refractivity (Wildman–Crippen MR) is 142 cm³/mol. The molecule has 0 saturated carbocycles. The number of anilines is 1. The molecule has 1 heterocycles. The highest BCUT2D eigenvalue weighted by Gasteiger charge is 2.47. The zero-order valence-electron chi connectivity index (χ0n) is 21.5. The minimum absolute atomic E-state index is 0.00763. The summed E-state index contributed by atoms with van der Waals surface area (Å²) < 4.78 is 16.9. The number of rotatable bonds is 9. The number of amides is 1. The molecule has 1 fully saturated rings. The Bertz CT molecular complexity index is 1350. The van der Waals surface area contributed by atoms with Crippen LogP contribution in [-0.2, 0) is 9.59 Å². The molecule has 1 amide bonds. The molecule has 0 radical (unpaired) electrons. The summed E-state index contributed by atoms with van der Waals surface area (Å²) in [4.78, 5) is 28.3. The topological polar surface area (TPSA) is 85.3 Å². The number of Topliss-reactive ketones (excluding diaryl/α,β-unsaturated/α-hetero) is 1. The van der Waals surface area contributed by atoms with E-state index in [0.717, 1.165) is 12.0 Å². The van der Waals surface area contributed by atoms with Crippen LogP contribution in [0.25, 0.3) is 5.76 Å². The van der Waals surface area contributed by atoms with Gasteiger partial charge in [0, 0.05) is 11.3 Å². The zero-order chi connectivity index (χ0) is 26.5. The van der Waals surface area contributed by atoms with Crippen LogP contribution in [0.15, 0.2) is 72.3 Å². The summed E-state index contributed by atoms with van der Waals surface area (Å²) in [6, 6.07) is 18.6. The Kier molecular flexibility index (Phi) is 7.82. The van der Waals surface area contributed by atoms with Crippen molar-refractivity contribution in [2.45, 2.75) is 33.2 Å². The van der Waals surface area contributed by atoms with Crippen LogP contribution in [0.2, 0.25) is 0 Å². The van der Waals surface area contributed by atoms with E-state index in [1.54, 1.807) is 55.6 Å². The van der Waals surface area contributed by atoms with Gasteiger partial charge in [-0.1, -0.05) is 37.3 Å². The Labute approximate surface area is 216 Å². The monoisotopic (exact) mass is 501 g/mol. The summed E-state index contributed by atoms with van der Waals surface area (Å²) in [7, 11) is 1.55. The standard InChI is InChI=1S/C30H31NO6/c1-5-15-37-23-12-8-10-21(17-23)28(32)26-27(20-13-14-24(35-4)25(18-20)36-6-2)31(30(34)29(26)33)22-11-7-9-19(3)16-22/h7-14,16-18,27,32H,5-6,15H2,1-4H3/b28-26-. The van der Waals surface area contributed by atoms with Crippen molar-refractivity contribution in [3.8, 4) is 17.2 Å². The smallest absolute Gasteiger partial charge is 0.300 e. The van der Waals surface area contributed by atoms with E-state index in [4.69, 9.17) is 14.2 Å². The average molecular weight is 502 g/mol. The van der Waals surface area contributed by atoms with Gasteiger partial charge in [-0.05, 0) is 67.8 Å². The lowest BCUT2D eigenvalue weighted by Crippen LogP contribution is -2.29. The molecule has 7 nitrogen and oxygen atoms in total. The largest absolute Gasteiger partial charge is 0.507 e. The van der Waals surface area contributed by atoms with Crippen LogP contribution in [0.3, 0.4) is 0 Å². The van der Waals surface area contributed by atoms with Gasteiger partial charge in [0.15, 0.2) is 11.5 Å². The first-order chi connectivity index (χ1) is 17.9. The number of ether oxygens (including phenoxy) is 3.